The van der Waals surface area contributed by atoms with Crippen LogP contribution in [0.15, 0.2) is 23.1 Å². The number of carbonyl (C=O) groups is 1. The van der Waals surface area contributed by atoms with Crippen LogP contribution in [-0.2, 0) is 4.74 Å². The first-order valence-corrected chi connectivity index (χ1v) is 7.58. The standard InChI is InChI=1S/C16H20N4O3/c1-10-18-13-12(6-5-7-17-13)14(21)20(10)11-8-19(9-11)15(22)23-16(2,3)4/h5-7,11H,8-9H2,1-4H3. The molecule has 1 fully saturated rings. The number of amides is 1. The molecule has 1 aliphatic heterocycles. The van der Waals surface area contributed by atoms with E-state index >= 15 is 0 Å². The number of rotatable bonds is 1. The Hall–Kier alpha value is -2.44. The molecule has 0 aromatic carbocycles. The molecule has 7 nitrogen and oxygen atoms in total. The molecular weight excluding hydrogens is 296 g/mol. The number of aryl methyl sites for hydroxylation is 1. The van der Waals surface area contributed by atoms with Crippen LogP contribution in [0.2, 0.25) is 0 Å². The van der Waals surface area contributed by atoms with E-state index in [1.807, 2.05) is 20.8 Å². The van der Waals surface area contributed by atoms with Gasteiger partial charge in [-0.25, -0.2) is 14.8 Å². The third-order valence-corrected chi connectivity index (χ3v) is 3.73. The normalized spacial score (nSPS) is 15.6. The van der Waals surface area contributed by atoms with E-state index in [1.54, 1.807) is 34.7 Å². The molecule has 1 aliphatic rings. The van der Waals surface area contributed by atoms with Crippen molar-refractivity contribution in [2.45, 2.75) is 39.3 Å². The summed E-state index contributed by atoms with van der Waals surface area (Å²) in [7, 11) is 0. The molecule has 7 heteroatoms. The molecule has 1 amide bonds. The van der Waals surface area contributed by atoms with Crippen molar-refractivity contribution in [1.82, 2.24) is 19.4 Å². The van der Waals surface area contributed by atoms with Crippen molar-refractivity contribution >= 4 is 17.1 Å². The zero-order valence-corrected chi connectivity index (χ0v) is 13.7. The monoisotopic (exact) mass is 316 g/mol. The second kappa shape index (κ2) is 5.33. The van der Waals surface area contributed by atoms with Gasteiger partial charge in [-0.15, -0.1) is 0 Å². The van der Waals surface area contributed by atoms with Gasteiger partial charge < -0.3 is 9.64 Å². The lowest BCUT2D eigenvalue weighted by molar-refractivity contribution is 0.000327. The fourth-order valence-electron chi connectivity index (χ4n) is 2.66. The maximum atomic E-state index is 12.6. The van der Waals surface area contributed by atoms with Crippen LogP contribution in [0.5, 0.6) is 0 Å². The second-order valence-corrected chi connectivity index (χ2v) is 6.75. The molecule has 1 saturated heterocycles. The molecule has 3 heterocycles. The average molecular weight is 316 g/mol. The number of fused-ring (bicyclic) bond motifs is 1. The number of ether oxygens (including phenoxy) is 1. The summed E-state index contributed by atoms with van der Waals surface area (Å²) in [5.74, 6) is 0.607. The first kappa shape index (κ1) is 15.5. The lowest BCUT2D eigenvalue weighted by atomic mass is 10.1. The van der Waals surface area contributed by atoms with Crippen molar-refractivity contribution in [2.75, 3.05) is 13.1 Å². The number of likely N-dealkylation sites (tertiary alicyclic amines) is 1. The zero-order valence-electron chi connectivity index (χ0n) is 13.7. The van der Waals surface area contributed by atoms with E-state index in [0.717, 1.165) is 0 Å². The molecule has 0 bridgehead atoms. The summed E-state index contributed by atoms with van der Waals surface area (Å²) in [6, 6.07) is 3.36. The van der Waals surface area contributed by atoms with Crippen molar-refractivity contribution in [3.8, 4) is 0 Å². The molecule has 0 saturated carbocycles. The molecule has 23 heavy (non-hydrogen) atoms. The average Bonchev–Trinajstić information content (AvgIpc) is 2.38. The fourth-order valence-corrected chi connectivity index (χ4v) is 2.66. The highest BCUT2D eigenvalue weighted by molar-refractivity contribution is 5.73. The van der Waals surface area contributed by atoms with E-state index in [2.05, 4.69) is 9.97 Å². The Morgan fingerprint density at radius 2 is 2.04 bits per heavy atom. The first-order chi connectivity index (χ1) is 10.8. The lowest BCUT2D eigenvalue weighted by Gasteiger charge is -2.40. The number of nitrogens with zero attached hydrogens (tertiary/aromatic N) is 4. The summed E-state index contributed by atoms with van der Waals surface area (Å²) in [6.45, 7) is 8.17. The van der Waals surface area contributed by atoms with Crippen LogP contribution < -0.4 is 5.56 Å². The highest BCUT2D eigenvalue weighted by Gasteiger charge is 2.36. The van der Waals surface area contributed by atoms with Gasteiger partial charge in [0, 0.05) is 19.3 Å². The Labute approximate surface area is 133 Å². The van der Waals surface area contributed by atoms with Crippen LogP contribution in [0.1, 0.15) is 32.6 Å². The summed E-state index contributed by atoms with van der Waals surface area (Å²) in [5.41, 5.74) is -0.186. The van der Waals surface area contributed by atoms with Gasteiger partial charge in [0.15, 0.2) is 5.65 Å². The van der Waals surface area contributed by atoms with Crippen LogP contribution in [0, 0.1) is 6.92 Å². The number of pyridine rings is 1. The van der Waals surface area contributed by atoms with E-state index in [9.17, 15) is 9.59 Å². The highest BCUT2D eigenvalue weighted by atomic mass is 16.6. The van der Waals surface area contributed by atoms with E-state index in [-0.39, 0.29) is 17.7 Å². The van der Waals surface area contributed by atoms with Gasteiger partial charge in [0.2, 0.25) is 0 Å². The smallest absolute Gasteiger partial charge is 0.410 e. The van der Waals surface area contributed by atoms with Gasteiger partial charge >= 0.3 is 6.09 Å². The van der Waals surface area contributed by atoms with E-state index in [0.29, 0.717) is 29.9 Å². The van der Waals surface area contributed by atoms with Gasteiger partial charge in [-0.2, -0.15) is 0 Å². The molecule has 0 spiro atoms. The Bertz CT molecular complexity index is 816. The van der Waals surface area contributed by atoms with Crippen molar-refractivity contribution in [1.29, 1.82) is 0 Å². The summed E-state index contributed by atoms with van der Waals surface area (Å²) in [5, 5.41) is 0.494. The van der Waals surface area contributed by atoms with Crippen LogP contribution in [0.25, 0.3) is 11.0 Å². The van der Waals surface area contributed by atoms with Gasteiger partial charge in [0.05, 0.1) is 11.4 Å². The van der Waals surface area contributed by atoms with Gasteiger partial charge in [-0.05, 0) is 39.8 Å². The molecule has 0 aliphatic carbocycles. The Kier molecular flexibility index (Phi) is 3.58. The maximum absolute atomic E-state index is 12.6. The molecule has 0 unspecified atom stereocenters. The third kappa shape index (κ3) is 2.91. The van der Waals surface area contributed by atoms with Gasteiger partial charge in [-0.1, -0.05) is 0 Å². The minimum atomic E-state index is -0.523. The van der Waals surface area contributed by atoms with E-state index in [1.165, 1.54) is 0 Å². The number of hydrogen-bond acceptors (Lipinski definition) is 5. The number of hydrogen-bond donors (Lipinski definition) is 0. The molecule has 0 N–H and O–H groups in total. The van der Waals surface area contributed by atoms with Crippen LogP contribution in [-0.4, -0.2) is 44.2 Å². The van der Waals surface area contributed by atoms with Crippen LogP contribution >= 0.6 is 0 Å². The molecule has 2 aromatic rings. The van der Waals surface area contributed by atoms with Crippen molar-refractivity contribution in [3.05, 3.63) is 34.5 Å². The minimum Gasteiger partial charge on any atom is -0.444 e. The maximum Gasteiger partial charge on any atom is 0.410 e. The molecular formula is C16H20N4O3. The van der Waals surface area contributed by atoms with Crippen molar-refractivity contribution < 1.29 is 9.53 Å². The lowest BCUT2D eigenvalue weighted by Crippen LogP contribution is -2.54. The predicted molar refractivity (Wildman–Crippen MR) is 85.4 cm³/mol. The first-order valence-electron chi connectivity index (χ1n) is 7.58. The quantitative estimate of drug-likeness (QED) is 0.803. The Morgan fingerprint density at radius 1 is 1.35 bits per heavy atom. The molecule has 2 aromatic heterocycles. The van der Waals surface area contributed by atoms with Crippen LogP contribution in [0.3, 0.4) is 0 Å². The Morgan fingerprint density at radius 3 is 2.70 bits per heavy atom. The second-order valence-electron chi connectivity index (χ2n) is 6.75. The molecule has 0 radical (unpaired) electrons. The van der Waals surface area contributed by atoms with Gasteiger partial charge in [0.25, 0.3) is 5.56 Å². The minimum absolute atomic E-state index is 0.0767. The molecule has 122 valence electrons. The predicted octanol–water partition coefficient (Wildman–Crippen LogP) is 1.89. The fraction of sp³-hybridized carbons (Fsp3) is 0.500. The highest BCUT2D eigenvalue weighted by Crippen LogP contribution is 2.23. The molecule has 3 rings (SSSR count). The van der Waals surface area contributed by atoms with E-state index in [4.69, 9.17) is 4.74 Å². The summed E-state index contributed by atoms with van der Waals surface area (Å²) < 4.78 is 6.97. The van der Waals surface area contributed by atoms with Gasteiger partial charge in [0.1, 0.15) is 11.4 Å². The van der Waals surface area contributed by atoms with Crippen LogP contribution in [0.4, 0.5) is 4.79 Å². The molecule has 0 atom stereocenters. The van der Waals surface area contributed by atoms with Crippen molar-refractivity contribution in [3.63, 3.8) is 0 Å². The third-order valence-electron chi connectivity index (χ3n) is 3.73. The SMILES string of the molecule is Cc1nc2ncccc2c(=O)n1C1CN(C(=O)OC(C)(C)C)C1. The summed E-state index contributed by atoms with van der Waals surface area (Å²) in [6.07, 6.45) is 1.27. The number of aromatic nitrogens is 3. The topological polar surface area (TPSA) is 77.3 Å². The summed E-state index contributed by atoms with van der Waals surface area (Å²) >= 11 is 0. The summed E-state index contributed by atoms with van der Waals surface area (Å²) in [4.78, 5) is 34.7. The van der Waals surface area contributed by atoms with E-state index < -0.39 is 5.60 Å². The largest absolute Gasteiger partial charge is 0.444 e. The Balaban J connectivity index is 1.82. The number of carbonyl (C=O) groups excluding carboxylic acids is 1. The van der Waals surface area contributed by atoms with Crippen molar-refractivity contribution in [2.24, 2.45) is 0 Å². The van der Waals surface area contributed by atoms with Gasteiger partial charge in [-0.3, -0.25) is 9.36 Å². The zero-order chi connectivity index (χ0) is 16.8.